The molecule has 0 saturated heterocycles. The van der Waals surface area contributed by atoms with Gasteiger partial charge in [-0.1, -0.05) is 18.2 Å². The highest BCUT2D eigenvalue weighted by Gasteiger charge is 2.34. The van der Waals surface area contributed by atoms with Gasteiger partial charge in [0.2, 0.25) is 0 Å². The molecule has 0 aliphatic carbocycles. The summed E-state index contributed by atoms with van der Waals surface area (Å²) in [5.74, 6) is 0.253. The van der Waals surface area contributed by atoms with Crippen molar-refractivity contribution < 1.29 is 27.4 Å². The number of hydrogen-bond acceptors (Lipinski definition) is 3. The molecule has 1 rings (SSSR count). The number of hydrogen-bond donors (Lipinski definition) is 0. The van der Waals surface area contributed by atoms with Crippen LogP contribution in [0.1, 0.15) is 18.1 Å². The summed E-state index contributed by atoms with van der Waals surface area (Å²) in [6.07, 6.45) is -7.05. The average molecular weight is 248 g/mol. The second-order valence-corrected chi connectivity index (χ2v) is 3.28. The number of carbonyl (C=O) groups excluding carboxylic acids is 1. The van der Waals surface area contributed by atoms with Gasteiger partial charge in [-0.25, -0.2) is 0 Å². The number of carbonyl (C=O) groups is 1. The van der Waals surface area contributed by atoms with Gasteiger partial charge in [0.05, 0.1) is 13.5 Å². The van der Waals surface area contributed by atoms with Crippen LogP contribution < -0.4 is 4.74 Å². The Kier molecular flexibility index (Phi) is 4.37. The first-order valence-electron chi connectivity index (χ1n) is 4.76. The number of methoxy groups -OCH3 is 1. The SMILES string of the molecule is COc1ccccc1C(CC(F)(F)F)OC=O. The predicted octanol–water partition coefficient (Wildman–Crippen LogP) is 2.86. The standard InChI is InChI=1S/C11H11F3O3/c1-16-9-5-3-2-4-8(9)10(17-7-15)6-11(12,13)14/h2-5,7,10H,6H2,1H3. The van der Waals surface area contributed by atoms with Gasteiger partial charge in [0.15, 0.2) is 0 Å². The summed E-state index contributed by atoms with van der Waals surface area (Å²) in [5, 5.41) is 0. The predicted molar refractivity (Wildman–Crippen MR) is 53.6 cm³/mol. The quantitative estimate of drug-likeness (QED) is 0.751. The first-order valence-corrected chi connectivity index (χ1v) is 4.76. The van der Waals surface area contributed by atoms with E-state index in [1.807, 2.05) is 0 Å². The third-order valence-electron chi connectivity index (χ3n) is 2.12. The van der Waals surface area contributed by atoms with Crippen molar-refractivity contribution in [3.05, 3.63) is 29.8 Å². The highest BCUT2D eigenvalue weighted by Crippen LogP contribution is 2.35. The van der Waals surface area contributed by atoms with Crippen molar-refractivity contribution in [2.24, 2.45) is 0 Å². The second kappa shape index (κ2) is 5.56. The number of benzene rings is 1. The monoisotopic (exact) mass is 248 g/mol. The molecule has 0 amide bonds. The molecule has 94 valence electrons. The minimum atomic E-state index is -4.42. The molecule has 0 heterocycles. The number of rotatable bonds is 5. The van der Waals surface area contributed by atoms with E-state index in [0.717, 1.165) is 0 Å². The minimum Gasteiger partial charge on any atom is -0.496 e. The van der Waals surface area contributed by atoms with Crippen LogP contribution in [0.4, 0.5) is 13.2 Å². The lowest BCUT2D eigenvalue weighted by molar-refractivity contribution is -0.165. The minimum absolute atomic E-state index is 0.00282. The summed E-state index contributed by atoms with van der Waals surface area (Å²) in [6.45, 7) is 0.00282. The molecule has 6 heteroatoms. The van der Waals surface area contributed by atoms with Crippen LogP contribution in [-0.2, 0) is 9.53 Å². The topological polar surface area (TPSA) is 35.5 Å². The van der Waals surface area contributed by atoms with Crippen molar-refractivity contribution in [3.8, 4) is 5.75 Å². The molecule has 0 radical (unpaired) electrons. The van der Waals surface area contributed by atoms with E-state index < -0.39 is 18.7 Å². The maximum atomic E-state index is 12.3. The van der Waals surface area contributed by atoms with Crippen LogP contribution in [0.15, 0.2) is 24.3 Å². The molecular formula is C11H11F3O3. The van der Waals surface area contributed by atoms with E-state index >= 15 is 0 Å². The van der Waals surface area contributed by atoms with E-state index in [-0.39, 0.29) is 17.8 Å². The van der Waals surface area contributed by atoms with Gasteiger partial charge in [0, 0.05) is 5.56 Å². The highest BCUT2D eigenvalue weighted by atomic mass is 19.4. The summed E-state index contributed by atoms with van der Waals surface area (Å²) in [6, 6.07) is 6.11. The Hall–Kier alpha value is -1.72. The number of alkyl halides is 3. The molecular weight excluding hydrogens is 237 g/mol. The molecule has 17 heavy (non-hydrogen) atoms. The van der Waals surface area contributed by atoms with Gasteiger partial charge in [-0.2, -0.15) is 13.2 Å². The average Bonchev–Trinajstić information content (AvgIpc) is 2.27. The Morgan fingerprint density at radius 2 is 2.00 bits per heavy atom. The Morgan fingerprint density at radius 1 is 1.35 bits per heavy atom. The van der Waals surface area contributed by atoms with Crippen molar-refractivity contribution in [1.29, 1.82) is 0 Å². The second-order valence-electron chi connectivity index (χ2n) is 3.28. The molecule has 0 aliphatic heterocycles. The van der Waals surface area contributed by atoms with Gasteiger partial charge in [-0.05, 0) is 6.07 Å². The van der Waals surface area contributed by atoms with Crippen LogP contribution in [0, 0.1) is 0 Å². The third kappa shape index (κ3) is 3.97. The van der Waals surface area contributed by atoms with Gasteiger partial charge < -0.3 is 9.47 Å². The first kappa shape index (κ1) is 13.3. The van der Waals surface area contributed by atoms with Crippen molar-refractivity contribution in [1.82, 2.24) is 0 Å². The molecule has 1 unspecified atom stereocenters. The summed E-state index contributed by atoms with van der Waals surface area (Å²) >= 11 is 0. The van der Waals surface area contributed by atoms with Crippen LogP contribution in [0.5, 0.6) is 5.75 Å². The number of ether oxygens (including phenoxy) is 2. The summed E-state index contributed by atoms with van der Waals surface area (Å²) in [4.78, 5) is 10.2. The van der Waals surface area contributed by atoms with Gasteiger partial charge in [-0.3, -0.25) is 4.79 Å². The third-order valence-corrected chi connectivity index (χ3v) is 2.12. The van der Waals surface area contributed by atoms with E-state index in [2.05, 4.69) is 4.74 Å². The lowest BCUT2D eigenvalue weighted by Crippen LogP contribution is -2.16. The molecule has 1 atom stereocenters. The van der Waals surface area contributed by atoms with E-state index in [0.29, 0.717) is 0 Å². The number of halogens is 3. The fourth-order valence-electron chi connectivity index (χ4n) is 1.44. The zero-order valence-electron chi connectivity index (χ0n) is 9.03. The Balaban J connectivity index is 3.00. The summed E-state index contributed by atoms with van der Waals surface area (Å²) in [7, 11) is 1.34. The molecule has 1 aromatic rings. The van der Waals surface area contributed by atoms with Crippen molar-refractivity contribution in [2.45, 2.75) is 18.7 Å². The summed E-state index contributed by atoms with van der Waals surface area (Å²) < 4.78 is 46.3. The molecule has 3 nitrogen and oxygen atoms in total. The molecule has 0 spiro atoms. The maximum Gasteiger partial charge on any atom is 0.392 e. The number of para-hydroxylation sites is 1. The van der Waals surface area contributed by atoms with Crippen LogP contribution in [0.2, 0.25) is 0 Å². The van der Waals surface area contributed by atoms with Crippen molar-refractivity contribution in [2.75, 3.05) is 7.11 Å². The Morgan fingerprint density at radius 3 is 2.53 bits per heavy atom. The van der Waals surface area contributed by atoms with Gasteiger partial charge in [0.25, 0.3) is 6.47 Å². The van der Waals surface area contributed by atoms with Crippen LogP contribution in [0.3, 0.4) is 0 Å². The van der Waals surface area contributed by atoms with E-state index in [1.165, 1.54) is 19.2 Å². The van der Waals surface area contributed by atoms with Crippen LogP contribution in [-0.4, -0.2) is 19.8 Å². The van der Waals surface area contributed by atoms with Crippen molar-refractivity contribution >= 4 is 6.47 Å². The highest BCUT2D eigenvalue weighted by molar-refractivity contribution is 5.41. The first-order chi connectivity index (χ1) is 7.98. The molecule has 0 bridgehead atoms. The summed E-state index contributed by atoms with van der Waals surface area (Å²) in [5.41, 5.74) is 0.194. The Labute approximate surface area is 96.1 Å². The molecule has 0 fully saturated rings. The van der Waals surface area contributed by atoms with E-state index in [1.54, 1.807) is 12.1 Å². The Bertz CT molecular complexity index is 376. The normalized spacial score (nSPS) is 12.9. The van der Waals surface area contributed by atoms with Crippen LogP contribution >= 0.6 is 0 Å². The van der Waals surface area contributed by atoms with Crippen LogP contribution in [0.25, 0.3) is 0 Å². The van der Waals surface area contributed by atoms with E-state index in [9.17, 15) is 18.0 Å². The molecule has 0 N–H and O–H groups in total. The molecule has 0 aliphatic rings. The fourth-order valence-corrected chi connectivity index (χ4v) is 1.44. The van der Waals surface area contributed by atoms with E-state index in [4.69, 9.17) is 4.74 Å². The van der Waals surface area contributed by atoms with Gasteiger partial charge >= 0.3 is 6.18 Å². The zero-order valence-corrected chi connectivity index (χ0v) is 9.03. The fraction of sp³-hybridized carbons (Fsp3) is 0.364. The molecule has 0 aromatic heterocycles. The largest absolute Gasteiger partial charge is 0.496 e. The lowest BCUT2D eigenvalue weighted by Gasteiger charge is -2.19. The zero-order chi connectivity index (χ0) is 12.9. The van der Waals surface area contributed by atoms with Gasteiger partial charge in [0.1, 0.15) is 11.9 Å². The molecule has 0 saturated carbocycles. The smallest absolute Gasteiger partial charge is 0.392 e. The van der Waals surface area contributed by atoms with Gasteiger partial charge in [-0.15, -0.1) is 0 Å². The van der Waals surface area contributed by atoms with Crippen molar-refractivity contribution in [3.63, 3.8) is 0 Å². The maximum absolute atomic E-state index is 12.3. The molecule has 1 aromatic carbocycles. The lowest BCUT2D eigenvalue weighted by atomic mass is 10.1.